The molecule has 0 saturated carbocycles. The minimum atomic E-state index is -3.38. The third-order valence-electron chi connectivity index (χ3n) is 3.80. The van der Waals surface area contributed by atoms with Crippen LogP contribution in [0.5, 0.6) is 0 Å². The van der Waals surface area contributed by atoms with E-state index in [-0.39, 0.29) is 18.2 Å². The van der Waals surface area contributed by atoms with Crippen LogP contribution in [0.4, 0.5) is 11.4 Å². The molecule has 8 heteroatoms. The average molecular weight is 346 g/mol. The number of benzene rings is 1. The number of amides is 1. The zero-order valence-corrected chi connectivity index (χ0v) is 14.5. The summed E-state index contributed by atoms with van der Waals surface area (Å²) in [7, 11) is -0.00992. The maximum atomic E-state index is 12.5. The minimum absolute atomic E-state index is 0.0259. The van der Waals surface area contributed by atoms with Crippen molar-refractivity contribution in [2.75, 3.05) is 49.3 Å². The molecule has 1 aromatic carbocycles. The Morgan fingerprint density at radius 1 is 1.32 bits per heavy atom. The van der Waals surface area contributed by atoms with Gasteiger partial charge in [-0.15, -0.1) is 0 Å². The summed E-state index contributed by atoms with van der Waals surface area (Å²) in [6.07, 6.45) is 0. The standard InChI is InChI=1S/C14H20ClN3O3S/c1-4-22(20,21)17(3)10-14(19)18-8-7-16(2)12-6-5-11(15)9-13(12)18/h5-6,9H,4,7-8,10H2,1-3H3. The second kappa shape index (κ2) is 6.44. The van der Waals surface area contributed by atoms with Crippen molar-refractivity contribution in [3.05, 3.63) is 23.2 Å². The van der Waals surface area contributed by atoms with Crippen LogP contribution in [0.25, 0.3) is 0 Å². The van der Waals surface area contributed by atoms with Gasteiger partial charge in [0, 0.05) is 32.2 Å². The number of nitrogens with zero attached hydrogens (tertiary/aromatic N) is 3. The first-order valence-corrected chi connectivity index (χ1v) is 9.00. The van der Waals surface area contributed by atoms with Gasteiger partial charge in [0.15, 0.2) is 0 Å². The second-order valence-corrected chi connectivity index (χ2v) is 8.06. The summed E-state index contributed by atoms with van der Waals surface area (Å²) in [5, 5.41) is 0.543. The van der Waals surface area contributed by atoms with Gasteiger partial charge in [-0.25, -0.2) is 8.42 Å². The fraction of sp³-hybridized carbons (Fsp3) is 0.500. The predicted molar refractivity (Wildman–Crippen MR) is 89.2 cm³/mol. The Kier molecular flexibility index (Phi) is 4.99. The van der Waals surface area contributed by atoms with Crippen molar-refractivity contribution in [3.63, 3.8) is 0 Å². The van der Waals surface area contributed by atoms with Crippen LogP contribution in [0, 0.1) is 0 Å². The Balaban J connectivity index is 2.25. The van der Waals surface area contributed by atoms with Crippen LogP contribution >= 0.6 is 11.6 Å². The highest BCUT2D eigenvalue weighted by atomic mass is 35.5. The van der Waals surface area contributed by atoms with Crippen LogP contribution < -0.4 is 9.80 Å². The van der Waals surface area contributed by atoms with E-state index in [2.05, 4.69) is 0 Å². The monoisotopic (exact) mass is 345 g/mol. The first-order valence-electron chi connectivity index (χ1n) is 7.01. The minimum Gasteiger partial charge on any atom is -0.371 e. The zero-order chi connectivity index (χ0) is 16.5. The average Bonchev–Trinajstić information content (AvgIpc) is 2.47. The zero-order valence-electron chi connectivity index (χ0n) is 12.9. The fourth-order valence-electron chi connectivity index (χ4n) is 2.38. The Morgan fingerprint density at radius 2 is 2.00 bits per heavy atom. The van der Waals surface area contributed by atoms with Crippen LogP contribution in [0.1, 0.15) is 6.92 Å². The first kappa shape index (κ1) is 17.1. The van der Waals surface area contributed by atoms with E-state index in [9.17, 15) is 13.2 Å². The number of rotatable bonds is 4. The quantitative estimate of drug-likeness (QED) is 0.827. The van der Waals surface area contributed by atoms with Crippen molar-refractivity contribution in [1.82, 2.24) is 4.31 Å². The molecule has 0 spiro atoms. The lowest BCUT2D eigenvalue weighted by Crippen LogP contribution is -2.47. The molecule has 2 rings (SSSR count). The summed E-state index contributed by atoms with van der Waals surface area (Å²) in [6, 6.07) is 5.38. The SMILES string of the molecule is CCS(=O)(=O)N(C)CC(=O)N1CCN(C)c2ccc(Cl)cc21. The molecule has 22 heavy (non-hydrogen) atoms. The molecular formula is C14H20ClN3O3S. The van der Waals surface area contributed by atoms with E-state index in [1.54, 1.807) is 24.0 Å². The molecule has 0 N–H and O–H groups in total. The smallest absolute Gasteiger partial charge is 0.242 e. The van der Waals surface area contributed by atoms with E-state index in [0.29, 0.717) is 23.8 Å². The number of hydrogen-bond acceptors (Lipinski definition) is 4. The van der Waals surface area contributed by atoms with Crippen molar-refractivity contribution in [2.24, 2.45) is 0 Å². The topological polar surface area (TPSA) is 60.9 Å². The molecule has 122 valence electrons. The molecular weight excluding hydrogens is 326 g/mol. The maximum absolute atomic E-state index is 12.5. The van der Waals surface area contributed by atoms with Gasteiger partial charge in [-0.3, -0.25) is 4.79 Å². The van der Waals surface area contributed by atoms with Gasteiger partial charge in [0.25, 0.3) is 0 Å². The van der Waals surface area contributed by atoms with Crippen molar-refractivity contribution in [3.8, 4) is 0 Å². The Morgan fingerprint density at radius 3 is 2.64 bits per heavy atom. The van der Waals surface area contributed by atoms with E-state index in [1.807, 2.05) is 18.0 Å². The van der Waals surface area contributed by atoms with Crippen LogP contribution in [0.3, 0.4) is 0 Å². The van der Waals surface area contributed by atoms with Gasteiger partial charge < -0.3 is 9.80 Å². The third kappa shape index (κ3) is 3.37. The molecule has 0 fully saturated rings. The van der Waals surface area contributed by atoms with Crippen LogP contribution in [-0.2, 0) is 14.8 Å². The molecule has 1 amide bonds. The summed E-state index contributed by atoms with van der Waals surface area (Å²) in [6.45, 7) is 2.57. The van der Waals surface area contributed by atoms with Crippen LogP contribution in [-0.4, -0.2) is 58.1 Å². The fourth-order valence-corrected chi connectivity index (χ4v) is 3.29. The largest absolute Gasteiger partial charge is 0.371 e. The van der Waals surface area contributed by atoms with Crippen molar-refractivity contribution in [1.29, 1.82) is 0 Å². The van der Waals surface area contributed by atoms with Crippen LogP contribution in [0.15, 0.2) is 18.2 Å². The second-order valence-electron chi connectivity index (χ2n) is 5.26. The molecule has 1 aliphatic rings. The number of fused-ring (bicyclic) bond motifs is 1. The van der Waals surface area contributed by atoms with E-state index in [1.165, 1.54) is 7.05 Å². The molecule has 0 bridgehead atoms. The summed E-state index contributed by atoms with van der Waals surface area (Å²) in [4.78, 5) is 16.2. The number of halogens is 1. The molecule has 1 aliphatic heterocycles. The van der Waals surface area contributed by atoms with Gasteiger partial charge >= 0.3 is 0 Å². The van der Waals surface area contributed by atoms with E-state index in [4.69, 9.17) is 11.6 Å². The highest BCUT2D eigenvalue weighted by Crippen LogP contribution is 2.34. The molecule has 6 nitrogen and oxygen atoms in total. The van der Waals surface area contributed by atoms with Gasteiger partial charge in [-0.2, -0.15) is 4.31 Å². The summed E-state index contributed by atoms with van der Waals surface area (Å²) >= 11 is 6.03. The molecule has 0 aliphatic carbocycles. The number of hydrogen-bond donors (Lipinski definition) is 0. The molecule has 0 radical (unpaired) electrons. The molecule has 1 aromatic rings. The molecule has 0 aromatic heterocycles. The molecule has 0 unspecified atom stereocenters. The summed E-state index contributed by atoms with van der Waals surface area (Å²) in [5.74, 6) is -0.279. The summed E-state index contributed by atoms with van der Waals surface area (Å²) in [5.41, 5.74) is 1.62. The number of carbonyl (C=O) groups is 1. The van der Waals surface area contributed by atoms with Crippen molar-refractivity contribution in [2.45, 2.75) is 6.92 Å². The summed E-state index contributed by atoms with van der Waals surface area (Å²) < 4.78 is 24.7. The van der Waals surface area contributed by atoms with Gasteiger partial charge in [0.1, 0.15) is 0 Å². The van der Waals surface area contributed by atoms with Gasteiger partial charge in [-0.05, 0) is 25.1 Å². The number of sulfonamides is 1. The van der Waals surface area contributed by atoms with Crippen LogP contribution in [0.2, 0.25) is 5.02 Å². The number of anilines is 2. The van der Waals surface area contributed by atoms with Crippen molar-refractivity contribution < 1.29 is 13.2 Å². The molecule has 0 saturated heterocycles. The molecule has 0 atom stereocenters. The number of likely N-dealkylation sites (N-methyl/N-ethyl adjacent to an activating group) is 2. The lowest BCUT2D eigenvalue weighted by atomic mass is 10.1. The Labute approximate surface area is 136 Å². The van der Waals surface area contributed by atoms with Gasteiger partial charge in [0.2, 0.25) is 15.9 Å². The number of carbonyl (C=O) groups excluding carboxylic acids is 1. The normalized spacial score (nSPS) is 15.1. The van der Waals surface area contributed by atoms with Crippen molar-refractivity contribution >= 4 is 38.9 Å². The molecule has 1 heterocycles. The van der Waals surface area contributed by atoms with E-state index >= 15 is 0 Å². The first-order chi connectivity index (χ1) is 10.3. The third-order valence-corrected chi connectivity index (χ3v) is 5.84. The Bertz CT molecular complexity index is 678. The maximum Gasteiger partial charge on any atom is 0.242 e. The lowest BCUT2D eigenvalue weighted by Gasteiger charge is -2.36. The Hall–Kier alpha value is -1.31. The van der Waals surface area contributed by atoms with E-state index in [0.717, 1.165) is 9.99 Å². The predicted octanol–water partition coefficient (Wildman–Crippen LogP) is 1.40. The van der Waals surface area contributed by atoms with E-state index < -0.39 is 10.0 Å². The highest BCUT2D eigenvalue weighted by molar-refractivity contribution is 7.89. The lowest BCUT2D eigenvalue weighted by molar-refractivity contribution is -0.118. The highest BCUT2D eigenvalue weighted by Gasteiger charge is 2.28. The van der Waals surface area contributed by atoms with Gasteiger partial charge in [0.05, 0.1) is 23.7 Å². The van der Waals surface area contributed by atoms with Gasteiger partial charge in [-0.1, -0.05) is 11.6 Å².